The highest BCUT2D eigenvalue weighted by Crippen LogP contribution is 2.33. The molecule has 8 nitrogen and oxygen atoms in total. The number of nitrogens with one attached hydrogen (secondary N) is 1. The number of amides is 1. The molecule has 1 aromatic carbocycles. The Labute approximate surface area is 138 Å². The van der Waals surface area contributed by atoms with Gasteiger partial charge in [-0.05, 0) is 39.0 Å². The van der Waals surface area contributed by atoms with Gasteiger partial charge in [0.2, 0.25) is 0 Å². The van der Waals surface area contributed by atoms with Gasteiger partial charge in [-0.3, -0.25) is 5.32 Å². The molecule has 0 saturated heterocycles. The second kappa shape index (κ2) is 6.61. The van der Waals surface area contributed by atoms with E-state index < -0.39 is 17.7 Å². The average Bonchev–Trinajstić information content (AvgIpc) is 2.95. The van der Waals surface area contributed by atoms with E-state index in [0.29, 0.717) is 17.0 Å². The molecule has 1 aromatic heterocycles. The smallest absolute Gasteiger partial charge is 0.412 e. The van der Waals surface area contributed by atoms with Gasteiger partial charge in [0.25, 0.3) is 0 Å². The number of ether oxygens (including phenoxy) is 2. The zero-order chi connectivity index (χ0) is 17.9. The first-order valence-electron chi connectivity index (χ1n) is 7.08. The monoisotopic (exact) mass is 334 g/mol. The van der Waals surface area contributed by atoms with E-state index in [1.807, 2.05) is 0 Å². The number of benzene rings is 1. The normalized spacial score (nSPS) is 11.0. The van der Waals surface area contributed by atoms with Gasteiger partial charge in [-0.1, -0.05) is 5.16 Å². The molecule has 0 unspecified atom stereocenters. The molecule has 0 fully saturated rings. The molecule has 0 spiro atoms. The van der Waals surface area contributed by atoms with E-state index in [9.17, 15) is 9.59 Å². The van der Waals surface area contributed by atoms with Crippen molar-refractivity contribution in [3.63, 3.8) is 0 Å². The highest BCUT2D eigenvalue weighted by Gasteiger charge is 2.19. The summed E-state index contributed by atoms with van der Waals surface area (Å²) in [5, 5.41) is 15.0. The van der Waals surface area contributed by atoms with Crippen LogP contribution in [0.1, 0.15) is 31.3 Å². The van der Waals surface area contributed by atoms with Crippen LogP contribution in [0, 0.1) is 0 Å². The SMILES string of the molecule is COc1ccc(NC(=O)OC(C)(C)C)cc1-c1cc(C(=O)O)no1. The van der Waals surface area contributed by atoms with Crippen LogP contribution in [-0.4, -0.2) is 35.0 Å². The summed E-state index contributed by atoms with van der Waals surface area (Å²) in [5.74, 6) is -0.554. The minimum absolute atomic E-state index is 0.206. The van der Waals surface area contributed by atoms with Gasteiger partial charge in [0.05, 0.1) is 12.7 Å². The molecule has 0 atom stereocenters. The van der Waals surface area contributed by atoms with Crippen molar-refractivity contribution in [3.05, 3.63) is 30.0 Å². The molecule has 128 valence electrons. The Morgan fingerprint density at radius 2 is 1.96 bits per heavy atom. The van der Waals surface area contributed by atoms with E-state index in [-0.39, 0.29) is 11.5 Å². The molecular weight excluding hydrogens is 316 g/mol. The molecular formula is C16H18N2O6. The largest absolute Gasteiger partial charge is 0.496 e. The van der Waals surface area contributed by atoms with Crippen LogP contribution in [0.5, 0.6) is 5.75 Å². The van der Waals surface area contributed by atoms with Crippen LogP contribution in [0.2, 0.25) is 0 Å². The fraction of sp³-hybridized carbons (Fsp3) is 0.312. The number of aromatic carboxylic acids is 1. The lowest BCUT2D eigenvalue weighted by Gasteiger charge is -2.20. The Morgan fingerprint density at radius 3 is 2.50 bits per heavy atom. The van der Waals surface area contributed by atoms with Gasteiger partial charge in [0, 0.05) is 11.8 Å². The van der Waals surface area contributed by atoms with Gasteiger partial charge < -0.3 is 19.1 Å². The average molecular weight is 334 g/mol. The van der Waals surface area contributed by atoms with Crippen molar-refractivity contribution < 1.29 is 28.7 Å². The summed E-state index contributed by atoms with van der Waals surface area (Å²) in [4.78, 5) is 22.8. The van der Waals surface area contributed by atoms with Gasteiger partial charge in [-0.25, -0.2) is 9.59 Å². The van der Waals surface area contributed by atoms with Crippen molar-refractivity contribution in [2.75, 3.05) is 12.4 Å². The molecule has 0 aliphatic carbocycles. The van der Waals surface area contributed by atoms with E-state index in [1.54, 1.807) is 39.0 Å². The van der Waals surface area contributed by atoms with E-state index in [2.05, 4.69) is 10.5 Å². The number of hydrogen-bond acceptors (Lipinski definition) is 6. The minimum Gasteiger partial charge on any atom is -0.496 e. The fourth-order valence-electron chi connectivity index (χ4n) is 1.90. The lowest BCUT2D eigenvalue weighted by Crippen LogP contribution is -2.27. The Balaban J connectivity index is 2.30. The van der Waals surface area contributed by atoms with Crippen LogP contribution in [0.4, 0.5) is 10.5 Å². The van der Waals surface area contributed by atoms with Gasteiger partial charge in [-0.2, -0.15) is 0 Å². The number of hydrogen-bond donors (Lipinski definition) is 2. The number of carbonyl (C=O) groups excluding carboxylic acids is 1. The van der Waals surface area contributed by atoms with Crippen molar-refractivity contribution in [2.24, 2.45) is 0 Å². The molecule has 0 aliphatic rings. The maximum absolute atomic E-state index is 11.8. The number of carboxylic acids is 1. The zero-order valence-electron chi connectivity index (χ0n) is 13.7. The predicted molar refractivity (Wildman–Crippen MR) is 85.3 cm³/mol. The summed E-state index contributed by atoms with van der Waals surface area (Å²) in [7, 11) is 1.47. The summed E-state index contributed by atoms with van der Waals surface area (Å²) in [6.07, 6.45) is -0.609. The van der Waals surface area contributed by atoms with Crippen LogP contribution in [-0.2, 0) is 4.74 Å². The summed E-state index contributed by atoms with van der Waals surface area (Å²) < 4.78 is 15.5. The van der Waals surface area contributed by atoms with Gasteiger partial charge in [0.15, 0.2) is 11.5 Å². The molecule has 2 N–H and O–H groups in total. The van der Waals surface area contributed by atoms with Gasteiger partial charge in [0.1, 0.15) is 11.4 Å². The highest BCUT2D eigenvalue weighted by atomic mass is 16.6. The topological polar surface area (TPSA) is 111 Å². The van der Waals surface area contributed by atoms with Gasteiger partial charge >= 0.3 is 12.1 Å². The zero-order valence-corrected chi connectivity index (χ0v) is 13.7. The maximum Gasteiger partial charge on any atom is 0.412 e. The highest BCUT2D eigenvalue weighted by molar-refractivity contribution is 5.88. The summed E-state index contributed by atoms with van der Waals surface area (Å²) in [5.41, 5.74) is 0.0395. The third-order valence-corrected chi connectivity index (χ3v) is 2.84. The third-order valence-electron chi connectivity index (χ3n) is 2.84. The molecule has 0 bridgehead atoms. The minimum atomic E-state index is -1.20. The van der Waals surface area contributed by atoms with Crippen molar-refractivity contribution >= 4 is 17.7 Å². The molecule has 24 heavy (non-hydrogen) atoms. The van der Waals surface area contributed by atoms with Gasteiger partial charge in [-0.15, -0.1) is 0 Å². The Bertz CT molecular complexity index is 760. The second-order valence-corrected chi connectivity index (χ2v) is 5.92. The first-order valence-corrected chi connectivity index (χ1v) is 7.08. The summed E-state index contributed by atoms with van der Waals surface area (Å²) >= 11 is 0. The summed E-state index contributed by atoms with van der Waals surface area (Å²) in [6, 6.07) is 6.10. The molecule has 0 aliphatic heterocycles. The van der Waals surface area contributed by atoms with E-state index in [4.69, 9.17) is 19.1 Å². The standard InChI is InChI=1S/C16H18N2O6/c1-16(2,3)23-15(21)17-9-5-6-12(22-4)10(7-9)13-8-11(14(19)20)18-24-13/h5-8H,1-4H3,(H,17,21)(H,19,20). The van der Waals surface area contributed by atoms with Crippen molar-refractivity contribution in [1.82, 2.24) is 5.16 Å². The first-order chi connectivity index (χ1) is 11.2. The molecule has 2 rings (SSSR count). The number of anilines is 1. The first kappa shape index (κ1) is 17.3. The lowest BCUT2D eigenvalue weighted by atomic mass is 10.1. The lowest BCUT2D eigenvalue weighted by molar-refractivity contribution is 0.0633. The van der Waals surface area contributed by atoms with Crippen molar-refractivity contribution in [1.29, 1.82) is 0 Å². The van der Waals surface area contributed by atoms with Crippen LogP contribution in [0.15, 0.2) is 28.8 Å². The number of nitrogens with zero attached hydrogens (tertiary/aromatic N) is 1. The van der Waals surface area contributed by atoms with E-state index >= 15 is 0 Å². The van der Waals surface area contributed by atoms with Crippen molar-refractivity contribution in [3.8, 4) is 17.1 Å². The molecule has 8 heteroatoms. The maximum atomic E-state index is 11.8. The Morgan fingerprint density at radius 1 is 1.25 bits per heavy atom. The third kappa shape index (κ3) is 4.25. The quantitative estimate of drug-likeness (QED) is 0.881. The molecule has 0 saturated carbocycles. The summed E-state index contributed by atoms with van der Waals surface area (Å²) in [6.45, 7) is 5.27. The number of carbonyl (C=O) groups is 2. The van der Waals surface area contributed by atoms with Crippen LogP contribution in [0.3, 0.4) is 0 Å². The Kier molecular flexibility index (Phi) is 4.77. The molecule has 2 aromatic rings. The van der Waals surface area contributed by atoms with E-state index in [1.165, 1.54) is 13.2 Å². The Hall–Kier alpha value is -3.03. The number of methoxy groups -OCH3 is 1. The number of carboxylic acid groups (broad SMARTS) is 1. The predicted octanol–water partition coefficient (Wildman–Crippen LogP) is 3.40. The van der Waals surface area contributed by atoms with Crippen LogP contribution < -0.4 is 10.1 Å². The molecule has 1 heterocycles. The van der Waals surface area contributed by atoms with E-state index in [0.717, 1.165) is 0 Å². The number of rotatable bonds is 4. The van der Waals surface area contributed by atoms with Crippen LogP contribution in [0.25, 0.3) is 11.3 Å². The van der Waals surface area contributed by atoms with Crippen molar-refractivity contribution in [2.45, 2.75) is 26.4 Å². The second-order valence-electron chi connectivity index (χ2n) is 5.92. The molecule has 1 amide bonds. The molecule has 0 radical (unpaired) electrons. The number of aromatic nitrogens is 1. The van der Waals surface area contributed by atoms with Crippen LogP contribution >= 0.6 is 0 Å². The fourth-order valence-corrected chi connectivity index (χ4v) is 1.90.